The van der Waals surface area contributed by atoms with Gasteiger partial charge in [-0.2, -0.15) is 4.52 Å². The van der Waals surface area contributed by atoms with Gasteiger partial charge in [-0.15, -0.1) is 5.10 Å². The van der Waals surface area contributed by atoms with Gasteiger partial charge in [-0.3, -0.25) is 4.90 Å². The molecule has 5 aromatic rings. The van der Waals surface area contributed by atoms with Crippen molar-refractivity contribution in [3.05, 3.63) is 78.2 Å². The van der Waals surface area contributed by atoms with Crippen molar-refractivity contribution in [2.75, 3.05) is 57.7 Å². The third-order valence-corrected chi connectivity index (χ3v) is 7.28. The second-order valence-corrected chi connectivity index (χ2v) is 9.76. The van der Waals surface area contributed by atoms with Crippen LogP contribution >= 0.6 is 0 Å². The molecule has 11 heteroatoms. The maximum atomic E-state index is 5.60. The minimum atomic E-state index is 0.516. The Morgan fingerprint density at radius 3 is 2.41 bits per heavy atom. The molecule has 0 unspecified atom stereocenters. The van der Waals surface area contributed by atoms with E-state index in [4.69, 9.17) is 33.7 Å². The number of aromatic nitrogens is 4. The fraction of sp³-hybridized carbons (Fsp3) is 0.300. The van der Waals surface area contributed by atoms with Crippen molar-refractivity contribution in [2.24, 2.45) is 0 Å². The number of fused-ring (bicyclic) bond motifs is 1. The van der Waals surface area contributed by atoms with E-state index < -0.39 is 0 Å². The number of rotatable bonds is 10. The van der Waals surface area contributed by atoms with Gasteiger partial charge in [0.15, 0.2) is 22.9 Å². The van der Waals surface area contributed by atoms with Crippen LogP contribution in [0.5, 0.6) is 17.2 Å². The van der Waals surface area contributed by atoms with Crippen molar-refractivity contribution < 1.29 is 18.6 Å². The highest BCUT2D eigenvalue weighted by Gasteiger charge is 2.21. The van der Waals surface area contributed by atoms with E-state index in [9.17, 15) is 0 Å². The SMILES string of the molecule is COc1ccc(N2CCN(Cc3cnc(NCc4ccc(OC)c(OC)c4)n4nc(-c5ccco5)nc34)CC2)cc1. The molecule has 3 aromatic heterocycles. The molecule has 0 spiro atoms. The first-order valence-electron chi connectivity index (χ1n) is 13.5. The van der Waals surface area contributed by atoms with E-state index in [1.165, 1.54) is 5.69 Å². The van der Waals surface area contributed by atoms with Crippen LogP contribution in [0, 0.1) is 0 Å². The summed E-state index contributed by atoms with van der Waals surface area (Å²) in [6.07, 6.45) is 3.52. The summed E-state index contributed by atoms with van der Waals surface area (Å²) in [6.45, 7) is 4.97. The van der Waals surface area contributed by atoms with Crippen molar-refractivity contribution in [1.82, 2.24) is 24.5 Å². The molecular weight excluding hydrogens is 522 g/mol. The molecule has 1 aliphatic heterocycles. The van der Waals surface area contributed by atoms with Gasteiger partial charge in [0.05, 0.1) is 27.6 Å². The first-order valence-corrected chi connectivity index (χ1v) is 13.5. The first-order chi connectivity index (χ1) is 20.1. The number of hydrogen-bond acceptors (Lipinski definition) is 10. The van der Waals surface area contributed by atoms with Crippen molar-refractivity contribution >= 4 is 17.3 Å². The molecule has 1 N–H and O–H groups in total. The lowest BCUT2D eigenvalue weighted by molar-refractivity contribution is 0.250. The maximum Gasteiger partial charge on any atom is 0.226 e. The molecule has 1 aliphatic rings. The Kier molecular flexibility index (Phi) is 7.59. The molecule has 0 atom stereocenters. The molecule has 0 radical (unpaired) electrons. The van der Waals surface area contributed by atoms with E-state index in [0.717, 1.165) is 55.2 Å². The molecule has 0 aliphatic carbocycles. The zero-order chi connectivity index (χ0) is 28.2. The second kappa shape index (κ2) is 11.8. The van der Waals surface area contributed by atoms with Crippen LogP contribution in [0.25, 0.3) is 17.2 Å². The maximum absolute atomic E-state index is 5.60. The number of nitrogens with one attached hydrogen (secondary N) is 1. The van der Waals surface area contributed by atoms with Crippen LogP contribution in [0.4, 0.5) is 11.6 Å². The quantitative estimate of drug-likeness (QED) is 0.268. The molecule has 0 saturated carbocycles. The summed E-state index contributed by atoms with van der Waals surface area (Å²) in [7, 11) is 4.94. The van der Waals surface area contributed by atoms with Gasteiger partial charge in [0, 0.05) is 56.7 Å². The van der Waals surface area contributed by atoms with Crippen molar-refractivity contribution in [3.63, 3.8) is 0 Å². The summed E-state index contributed by atoms with van der Waals surface area (Å²) < 4.78 is 23.5. The van der Waals surface area contributed by atoms with Crippen LogP contribution in [-0.4, -0.2) is 72.0 Å². The van der Waals surface area contributed by atoms with Crippen molar-refractivity contribution in [2.45, 2.75) is 13.1 Å². The highest BCUT2D eigenvalue weighted by Crippen LogP contribution is 2.28. The summed E-state index contributed by atoms with van der Waals surface area (Å²) in [4.78, 5) is 14.4. The van der Waals surface area contributed by atoms with Crippen LogP contribution in [-0.2, 0) is 13.1 Å². The fourth-order valence-electron chi connectivity index (χ4n) is 5.03. The summed E-state index contributed by atoms with van der Waals surface area (Å²) in [5.41, 5.74) is 3.98. The van der Waals surface area contributed by atoms with Gasteiger partial charge in [0.1, 0.15) is 5.75 Å². The summed E-state index contributed by atoms with van der Waals surface area (Å²) in [5, 5.41) is 8.16. The van der Waals surface area contributed by atoms with Gasteiger partial charge in [-0.1, -0.05) is 6.07 Å². The van der Waals surface area contributed by atoms with E-state index >= 15 is 0 Å². The van der Waals surface area contributed by atoms with E-state index in [1.54, 1.807) is 32.1 Å². The largest absolute Gasteiger partial charge is 0.497 e. The average Bonchev–Trinajstić information content (AvgIpc) is 3.72. The van der Waals surface area contributed by atoms with Gasteiger partial charge >= 0.3 is 0 Å². The zero-order valence-electron chi connectivity index (χ0n) is 23.4. The number of benzene rings is 2. The minimum absolute atomic E-state index is 0.516. The molecule has 1 fully saturated rings. The van der Waals surface area contributed by atoms with E-state index in [1.807, 2.05) is 48.7 Å². The van der Waals surface area contributed by atoms with Crippen LogP contribution in [0.3, 0.4) is 0 Å². The number of hydrogen-bond donors (Lipinski definition) is 1. The third-order valence-electron chi connectivity index (χ3n) is 7.28. The van der Waals surface area contributed by atoms with Crippen LogP contribution in [0.2, 0.25) is 0 Å². The van der Waals surface area contributed by atoms with E-state index in [-0.39, 0.29) is 0 Å². The summed E-state index contributed by atoms with van der Waals surface area (Å²) in [5.74, 6) is 3.95. The molecule has 2 aromatic carbocycles. The number of anilines is 2. The fourth-order valence-corrected chi connectivity index (χ4v) is 5.03. The molecule has 6 rings (SSSR count). The molecule has 11 nitrogen and oxygen atoms in total. The van der Waals surface area contributed by atoms with Gasteiger partial charge in [-0.05, 0) is 54.1 Å². The monoisotopic (exact) mass is 555 g/mol. The molecule has 212 valence electrons. The lowest BCUT2D eigenvalue weighted by atomic mass is 10.2. The van der Waals surface area contributed by atoms with Gasteiger partial charge in [-0.25, -0.2) is 9.97 Å². The van der Waals surface area contributed by atoms with Gasteiger partial charge in [0.25, 0.3) is 0 Å². The highest BCUT2D eigenvalue weighted by atomic mass is 16.5. The predicted molar refractivity (Wildman–Crippen MR) is 156 cm³/mol. The second-order valence-electron chi connectivity index (χ2n) is 9.76. The number of furan rings is 1. The Morgan fingerprint density at radius 2 is 1.71 bits per heavy atom. The number of nitrogens with zero attached hydrogens (tertiary/aromatic N) is 6. The summed E-state index contributed by atoms with van der Waals surface area (Å²) >= 11 is 0. The Bertz CT molecular complexity index is 1590. The molecular formula is C30H33N7O4. The van der Waals surface area contributed by atoms with E-state index in [2.05, 4.69) is 27.2 Å². The molecule has 1 saturated heterocycles. The minimum Gasteiger partial charge on any atom is -0.497 e. The molecule has 4 heterocycles. The summed E-state index contributed by atoms with van der Waals surface area (Å²) in [6, 6.07) is 17.7. The van der Waals surface area contributed by atoms with Crippen LogP contribution in [0.15, 0.2) is 71.5 Å². The highest BCUT2D eigenvalue weighted by molar-refractivity contribution is 5.58. The van der Waals surface area contributed by atoms with Gasteiger partial charge < -0.3 is 28.8 Å². The third kappa shape index (κ3) is 5.62. The topological polar surface area (TPSA) is 102 Å². The van der Waals surface area contributed by atoms with E-state index in [0.29, 0.717) is 35.6 Å². The average molecular weight is 556 g/mol. The van der Waals surface area contributed by atoms with Crippen LogP contribution < -0.4 is 24.4 Å². The predicted octanol–water partition coefficient (Wildman–Crippen LogP) is 4.34. The Labute approximate surface area is 238 Å². The zero-order valence-corrected chi connectivity index (χ0v) is 23.4. The number of ether oxygens (including phenoxy) is 3. The Balaban J connectivity index is 1.20. The normalized spacial score (nSPS) is 13.9. The molecule has 0 bridgehead atoms. The number of methoxy groups -OCH3 is 3. The smallest absolute Gasteiger partial charge is 0.226 e. The lowest BCUT2D eigenvalue weighted by Gasteiger charge is -2.36. The van der Waals surface area contributed by atoms with Crippen molar-refractivity contribution in [3.8, 4) is 28.8 Å². The van der Waals surface area contributed by atoms with Crippen LogP contribution in [0.1, 0.15) is 11.1 Å². The Morgan fingerprint density at radius 1 is 0.902 bits per heavy atom. The molecule has 41 heavy (non-hydrogen) atoms. The number of piperazine rings is 1. The first kappa shape index (κ1) is 26.5. The van der Waals surface area contributed by atoms with Crippen molar-refractivity contribution in [1.29, 1.82) is 0 Å². The Hall–Kier alpha value is -4.77. The standard InChI is InChI=1S/C30H33N7O4/c1-38-24-9-7-23(8-10-24)36-14-12-35(13-15-36)20-22-19-32-30(31-18-21-6-11-25(39-2)27(17-21)40-3)37-29(22)33-28(34-37)26-5-4-16-41-26/h4-11,16-17,19H,12-15,18,20H2,1-3H3,(H,31,32). The molecule has 0 amide bonds. The lowest BCUT2D eigenvalue weighted by Crippen LogP contribution is -2.46. The van der Waals surface area contributed by atoms with Gasteiger partial charge in [0.2, 0.25) is 11.8 Å².